The van der Waals surface area contributed by atoms with Crippen molar-refractivity contribution in [2.24, 2.45) is 5.92 Å². The fraction of sp³-hybridized carbons (Fsp3) is 0.875. The SMILES string of the molecule is CC(C)C1CCCC(=O)O1. The molecular formula is C8H14O2. The summed E-state index contributed by atoms with van der Waals surface area (Å²) in [6.45, 7) is 4.17. The van der Waals surface area contributed by atoms with Crippen molar-refractivity contribution in [3.05, 3.63) is 0 Å². The van der Waals surface area contributed by atoms with E-state index < -0.39 is 0 Å². The zero-order chi connectivity index (χ0) is 7.56. The molecule has 1 heterocycles. The van der Waals surface area contributed by atoms with Gasteiger partial charge in [-0.25, -0.2) is 0 Å². The van der Waals surface area contributed by atoms with Crippen molar-refractivity contribution in [1.29, 1.82) is 0 Å². The first-order chi connectivity index (χ1) is 4.70. The van der Waals surface area contributed by atoms with Gasteiger partial charge in [0.15, 0.2) is 0 Å². The van der Waals surface area contributed by atoms with Crippen molar-refractivity contribution in [1.82, 2.24) is 0 Å². The molecule has 0 aromatic heterocycles. The summed E-state index contributed by atoms with van der Waals surface area (Å²) in [7, 11) is 0. The number of hydrogen-bond donors (Lipinski definition) is 0. The van der Waals surface area contributed by atoms with Crippen LogP contribution < -0.4 is 0 Å². The summed E-state index contributed by atoms with van der Waals surface area (Å²) in [5.41, 5.74) is 0. The first kappa shape index (κ1) is 7.58. The summed E-state index contributed by atoms with van der Waals surface area (Å²) in [6, 6.07) is 0. The first-order valence-electron chi connectivity index (χ1n) is 3.89. The van der Waals surface area contributed by atoms with Gasteiger partial charge in [-0.3, -0.25) is 4.79 Å². The second-order valence-electron chi connectivity index (χ2n) is 3.16. The molecule has 0 radical (unpaired) electrons. The van der Waals surface area contributed by atoms with Crippen LogP contribution in [0.15, 0.2) is 0 Å². The maximum Gasteiger partial charge on any atom is 0.306 e. The fourth-order valence-corrected chi connectivity index (χ4v) is 1.20. The lowest BCUT2D eigenvalue weighted by Gasteiger charge is -2.24. The number of esters is 1. The Morgan fingerprint density at radius 2 is 2.30 bits per heavy atom. The molecule has 0 amide bonds. The maximum atomic E-state index is 10.8. The normalized spacial score (nSPS) is 26.7. The van der Waals surface area contributed by atoms with Crippen molar-refractivity contribution >= 4 is 5.97 Å². The van der Waals surface area contributed by atoms with E-state index >= 15 is 0 Å². The Hall–Kier alpha value is -0.530. The van der Waals surface area contributed by atoms with E-state index in [-0.39, 0.29) is 12.1 Å². The summed E-state index contributed by atoms with van der Waals surface area (Å²) < 4.78 is 5.11. The van der Waals surface area contributed by atoms with E-state index in [1.807, 2.05) is 0 Å². The summed E-state index contributed by atoms with van der Waals surface area (Å²) in [5, 5.41) is 0. The third-order valence-corrected chi connectivity index (χ3v) is 1.90. The summed E-state index contributed by atoms with van der Waals surface area (Å²) in [4.78, 5) is 10.8. The molecule has 1 aliphatic rings. The molecule has 58 valence electrons. The van der Waals surface area contributed by atoms with Gasteiger partial charge in [0.1, 0.15) is 6.10 Å². The van der Waals surface area contributed by atoms with Gasteiger partial charge in [0.25, 0.3) is 0 Å². The van der Waals surface area contributed by atoms with Crippen LogP contribution in [0.3, 0.4) is 0 Å². The standard InChI is InChI=1S/C8H14O2/c1-6(2)7-4-3-5-8(9)10-7/h6-7H,3-5H2,1-2H3. The largest absolute Gasteiger partial charge is 0.462 e. The lowest BCUT2D eigenvalue weighted by molar-refractivity contribution is -0.156. The van der Waals surface area contributed by atoms with Gasteiger partial charge in [0, 0.05) is 6.42 Å². The van der Waals surface area contributed by atoms with Gasteiger partial charge in [-0.15, -0.1) is 0 Å². The van der Waals surface area contributed by atoms with Crippen molar-refractivity contribution in [2.45, 2.75) is 39.2 Å². The molecule has 1 unspecified atom stereocenters. The minimum atomic E-state index is -0.0232. The second-order valence-corrected chi connectivity index (χ2v) is 3.16. The quantitative estimate of drug-likeness (QED) is 0.521. The number of hydrogen-bond acceptors (Lipinski definition) is 2. The average molecular weight is 142 g/mol. The van der Waals surface area contributed by atoms with Gasteiger partial charge in [-0.05, 0) is 18.8 Å². The summed E-state index contributed by atoms with van der Waals surface area (Å²) in [5.74, 6) is 0.453. The minimum Gasteiger partial charge on any atom is -0.462 e. The highest BCUT2D eigenvalue weighted by Crippen LogP contribution is 2.19. The lowest BCUT2D eigenvalue weighted by Crippen LogP contribution is -2.27. The van der Waals surface area contributed by atoms with Gasteiger partial charge in [-0.1, -0.05) is 13.8 Å². The molecule has 0 N–H and O–H groups in total. The fourth-order valence-electron chi connectivity index (χ4n) is 1.20. The zero-order valence-corrected chi connectivity index (χ0v) is 6.59. The van der Waals surface area contributed by atoms with E-state index in [1.54, 1.807) is 0 Å². The predicted molar refractivity (Wildman–Crippen MR) is 38.6 cm³/mol. The van der Waals surface area contributed by atoms with Crippen molar-refractivity contribution in [3.8, 4) is 0 Å². The molecule has 1 atom stereocenters. The molecule has 1 rings (SSSR count). The first-order valence-corrected chi connectivity index (χ1v) is 3.89. The average Bonchev–Trinajstić information content (AvgIpc) is 1.88. The molecule has 1 saturated heterocycles. The van der Waals surface area contributed by atoms with Crippen LogP contribution in [0.1, 0.15) is 33.1 Å². The molecule has 0 aromatic rings. The number of carbonyl (C=O) groups is 1. The molecule has 0 aromatic carbocycles. The van der Waals surface area contributed by atoms with E-state index in [9.17, 15) is 4.79 Å². The lowest BCUT2D eigenvalue weighted by atomic mass is 9.99. The van der Waals surface area contributed by atoms with Gasteiger partial charge >= 0.3 is 5.97 Å². The van der Waals surface area contributed by atoms with Crippen molar-refractivity contribution in [2.75, 3.05) is 0 Å². The monoisotopic (exact) mass is 142 g/mol. The summed E-state index contributed by atoms with van der Waals surface area (Å²) >= 11 is 0. The number of carbonyl (C=O) groups excluding carboxylic acids is 1. The molecule has 0 saturated carbocycles. The molecule has 1 aliphatic heterocycles. The number of rotatable bonds is 1. The van der Waals surface area contributed by atoms with Gasteiger partial charge < -0.3 is 4.74 Å². The second kappa shape index (κ2) is 3.04. The number of cyclic esters (lactones) is 1. The van der Waals surface area contributed by atoms with E-state index in [4.69, 9.17) is 4.74 Å². The number of ether oxygens (including phenoxy) is 1. The van der Waals surface area contributed by atoms with E-state index in [0.29, 0.717) is 12.3 Å². The van der Waals surface area contributed by atoms with E-state index in [0.717, 1.165) is 12.8 Å². The smallest absolute Gasteiger partial charge is 0.306 e. The predicted octanol–water partition coefficient (Wildman–Crippen LogP) is 1.74. The zero-order valence-electron chi connectivity index (χ0n) is 6.59. The van der Waals surface area contributed by atoms with Gasteiger partial charge in [-0.2, -0.15) is 0 Å². The molecule has 0 bridgehead atoms. The van der Waals surface area contributed by atoms with E-state index in [1.165, 1.54) is 0 Å². The highest BCUT2D eigenvalue weighted by atomic mass is 16.5. The third-order valence-electron chi connectivity index (χ3n) is 1.90. The molecule has 2 nitrogen and oxygen atoms in total. The van der Waals surface area contributed by atoms with Crippen LogP contribution in [-0.2, 0) is 9.53 Å². The Labute approximate surface area is 61.6 Å². The Bertz CT molecular complexity index is 129. The third kappa shape index (κ3) is 1.72. The highest BCUT2D eigenvalue weighted by Gasteiger charge is 2.22. The summed E-state index contributed by atoms with van der Waals surface area (Å²) in [6.07, 6.45) is 2.84. The molecule has 2 heteroatoms. The molecule has 1 fully saturated rings. The van der Waals surface area contributed by atoms with Gasteiger partial charge in [0.05, 0.1) is 0 Å². The van der Waals surface area contributed by atoms with Crippen LogP contribution >= 0.6 is 0 Å². The van der Waals surface area contributed by atoms with Crippen molar-refractivity contribution < 1.29 is 9.53 Å². The Balaban J connectivity index is 2.39. The minimum absolute atomic E-state index is 0.0232. The molecule has 0 aliphatic carbocycles. The topological polar surface area (TPSA) is 26.3 Å². The van der Waals surface area contributed by atoms with E-state index in [2.05, 4.69) is 13.8 Å². The molecule has 10 heavy (non-hydrogen) atoms. The Morgan fingerprint density at radius 1 is 1.60 bits per heavy atom. The Kier molecular flexibility index (Phi) is 2.30. The highest BCUT2D eigenvalue weighted by molar-refractivity contribution is 5.70. The van der Waals surface area contributed by atoms with Gasteiger partial charge in [0.2, 0.25) is 0 Å². The van der Waals surface area contributed by atoms with Crippen LogP contribution in [0.5, 0.6) is 0 Å². The van der Waals surface area contributed by atoms with Crippen LogP contribution in [0.2, 0.25) is 0 Å². The van der Waals surface area contributed by atoms with Crippen LogP contribution in [0.25, 0.3) is 0 Å². The van der Waals surface area contributed by atoms with Crippen LogP contribution in [-0.4, -0.2) is 12.1 Å². The molecule has 0 spiro atoms. The van der Waals surface area contributed by atoms with Crippen molar-refractivity contribution in [3.63, 3.8) is 0 Å². The Morgan fingerprint density at radius 3 is 2.70 bits per heavy atom. The molecular weight excluding hydrogens is 128 g/mol. The maximum absolute atomic E-state index is 10.8. The van der Waals surface area contributed by atoms with Crippen LogP contribution in [0.4, 0.5) is 0 Å². The van der Waals surface area contributed by atoms with Crippen LogP contribution in [0, 0.1) is 5.92 Å².